The Balaban J connectivity index is 1.45. The Morgan fingerprint density at radius 1 is 0.604 bits per heavy atom. The third-order valence-electron chi connectivity index (χ3n) is 8.04. The van der Waals surface area contributed by atoms with Crippen molar-refractivity contribution in [2.45, 2.75) is 48.4 Å². The number of terminal acetylenes is 2. The molecule has 0 radical (unpaired) electrons. The molecule has 2 amide bonds. The monoisotopic (exact) mass is 822 g/mol. The molecule has 11 heteroatoms. The van der Waals surface area contributed by atoms with Gasteiger partial charge in [-0.2, -0.15) is 0 Å². The van der Waals surface area contributed by atoms with Gasteiger partial charge in [-0.25, -0.2) is 0 Å². The molecule has 4 aromatic rings. The summed E-state index contributed by atoms with van der Waals surface area (Å²) in [6, 6.07) is 21.5. The summed E-state index contributed by atoms with van der Waals surface area (Å²) in [5, 5.41) is 8.57. The number of benzene rings is 4. The molecular formula is C42H42N2O8Sn. The Hall–Kier alpha value is -5.72. The van der Waals surface area contributed by atoms with E-state index in [-0.39, 0.29) is 13.2 Å². The number of unbranched alkanes of at least 4 members (excludes halogenated alkanes) is 2. The molecule has 0 unspecified atom stereocenters. The molecule has 0 aliphatic heterocycles. The Morgan fingerprint density at radius 2 is 1.00 bits per heavy atom. The van der Waals surface area contributed by atoms with Crippen LogP contribution in [0.25, 0.3) is 21.5 Å². The van der Waals surface area contributed by atoms with E-state index in [1.807, 2.05) is 38.1 Å². The molecule has 0 aromatic heterocycles. The standard InChI is InChI=1S/2C17H13NO4.2C4H9.Sn/c2*1-2-11-22-15-8-4-5-12-13(15)6-3-7-14(12)18-16(19)9-10-17(20)21;2*1-3-4-2;/h2*1,3-10H,11H2,(H,18,19)(H,20,21);2*1,3-4H2,2H3;/q;;;;+2/p-2/b2*10-9-;;;. The molecule has 0 spiro atoms. The zero-order chi connectivity index (χ0) is 38.1. The van der Waals surface area contributed by atoms with Gasteiger partial charge in [0.1, 0.15) is 0 Å². The topological polar surface area (TPSA) is 129 Å². The van der Waals surface area contributed by atoms with Crippen LogP contribution >= 0.6 is 0 Å². The summed E-state index contributed by atoms with van der Waals surface area (Å²) < 4.78 is 24.1. The fourth-order valence-corrected chi connectivity index (χ4v) is 15.2. The van der Waals surface area contributed by atoms with Gasteiger partial charge in [0, 0.05) is 0 Å². The van der Waals surface area contributed by atoms with Crippen molar-refractivity contribution in [1.29, 1.82) is 0 Å². The first-order valence-corrected chi connectivity index (χ1v) is 23.7. The van der Waals surface area contributed by atoms with E-state index in [1.165, 1.54) is 0 Å². The SMILES string of the molecule is C#CCOc1cccc2c(NC(=O)/C=C\C(=O)[O][Sn]([CH2]CCC)([CH2]CCC)[O]C(=O)/C=C\C(=O)Nc3cccc4c(OCC#C)cccc34)cccc12. The normalized spacial score (nSPS) is 11.2. The van der Waals surface area contributed by atoms with Crippen LogP contribution in [0.4, 0.5) is 11.4 Å². The Kier molecular flexibility index (Phi) is 15.4. The molecule has 0 bridgehead atoms. The number of fused-ring (bicyclic) bond motifs is 2. The van der Waals surface area contributed by atoms with Crippen LogP contribution in [0.5, 0.6) is 11.5 Å². The third-order valence-corrected chi connectivity index (χ3v) is 17.7. The number of carbonyl (C=O) groups excluding carboxylic acids is 4. The van der Waals surface area contributed by atoms with Gasteiger partial charge in [-0.3, -0.25) is 0 Å². The zero-order valence-electron chi connectivity index (χ0n) is 29.8. The quantitative estimate of drug-likeness (QED) is 0.0591. The number of carbonyl (C=O) groups is 4. The van der Waals surface area contributed by atoms with Crippen LogP contribution in [0.15, 0.2) is 97.1 Å². The summed E-state index contributed by atoms with van der Waals surface area (Å²) >= 11 is -4.44. The summed E-state index contributed by atoms with van der Waals surface area (Å²) in [7, 11) is 0. The van der Waals surface area contributed by atoms with E-state index in [0.29, 0.717) is 44.6 Å². The molecule has 0 heterocycles. The molecule has 0 atom stereocenters. The Morgan fingerprint density at radius 3 is 1.40 bits per heavy atom. The molecule has 0 saturated heterocycles. The van der Waals surface area contributed by atoms with E-state index >= 15 is 0 Å². The molecule has 272 valence electrons. The average Bonchev–Trinajstić information content (AvgIpc) is 3.16. The third kappa shape index (κ3) is 11.6. The second-order valence-corrected chi connectivity index (χ2v) is 21.1. The summed E-state index contributed by atoms with van der Waals surface area (Å²) in [6.07, 6.45) is 17.8. The van der Waals surface area contributed by atoms with Gasteiger partial charge in [-0.1, -0.05) is 11.8 Å². The molecular weight excluding hydrogens is 779 g/mol. The van der Waals surface area contributed by atoms with Crippen molar-refractivity contribution in [3.8, 4) is 36.2 Å². The van der Waals surface area contributed by atoms with Crippen molar-refractivity contribution in [2.75, 3.05) is 23.8 Å². The van der Waals surface area contributed by atoms with Gasteiger partial charge in [0.05, 0.1) is 0 Å². The Bertz CT molecular complexity index is 1940. The van der Waals surface area contributed by atoms with E-state index in [2.05, 4.69) is 22.5 Å². The van der Waals surface area contributed by atoms with Crippen LogP contribution in [0.1, 0.15) is 39.5 Å². The van der Waals surface area contributed by atoms with Crippen LogP contribution in [0, 0.1) is 24.7 Å². The second kappa shape index (κ2) is 20.4. The van der Waals surface area contributed by atoms with E-state index in [9.17, 15) is 19.2 Å². The number of rotatable bonds is 18. The molecule has 0 fully saturated rings. The summed E-state index contributed by atoms with van der Waals surface area (Å²) in [6.45, 7) is 4.18. The minimum atomic E-state index is -4.44. The van der Waals surface area contributed by atoms with Crippen molar-refractivity contribution in [2.24, 2.45) is 0 Å². The number of ether oxygens (including phenoxy) is 2. The molecule has 0 saturated carbocycles. The van der Waals surface area contributed by atoms with E-state index in [1.54, 1.807) is 48.5 Å². The van der Waals surface area contributed by atoms with Gasteiger partial charge < -0.3 is 0 Å². The second-order valence-electron chi connectivity index (χ2n) is 11.9. The van der Waals surface area contributed by atoms with E-state index in [0.717, 1.165) is 58.7 Å². The summed E-state index contributed by atoms with van der Waals surface area (Å²) in [5.41, 5.74) is 1.03. The van der Waals surface area contributed by atoms with E-state index < -0.39 is 43.0 Å². The van der Waals surface area contributed by atoms with Crippen LogP contribution in [-0.4, -0.2) is 56.2 Å². The maximum atomic E-state index is 13.2. The summed E-state index contributed by atoms with van der Waals surface area (Å²) in [4.78, 5) is 52.2. The fraction of sp³-hybridized carbons (Fsp3) is 0.238. The van der Waals surface area contributed by atoms with Gasteiger partial charge in [0.2, 0.25) is 0 Å². The first-order chi connectivity index (χ1) is 25.7. The van der Waals surface area contributed by atoms with Crippen molar-refractivity contribution >= 4 is 75.9 Å². The first kappa shape index (κ1) is 40.1. The van der Waals surface area contributed by atoms with E-state index in [4.69, 9.17) is 28.5 Å². The van der Waals surface area contributed by atoms with Crippen molar-refractivity contribution < 1.29 is 34.8 Å². The first-order valence-electron chi connectivity index (χ1n) is 17.3. The van der Waals surface area contributed by atoms with Crippen LogP contribution in [0.3, 0.4) is 0 Å². The molecule has 10 nitrogen and oxygen atoms in total. The van der Waals surface area contributed by atoms with Crippen molar-refractivity contribution in [3.63, 3.8) is 0 Å². The number of hydrogen-bond acceptors (Lipinski definition) is 8. The average molecular weight is 822 g/mol. The van der Waals surface area contributed by atoms with Crippen molar-refractivity contribution in [3.05, 3.63) is 97.1 Å². The predicted molar refractivity (Wildman–Crippen MR) is 209 cm³/mol. The van der Waals surface area contributed by atoms with Gasteiger partial charge in [-0.15, -0.1) is 12.8 Å². The number of nitrogens with one attached hydrogen (secondary N) is 2. The van der Waals surface area contributed by atoms with Crippen LogP contribution < -0.4 is 20.1 Å². The zero-order valence-corrected chi connectivity index (χ0v) is 32.7. The number of anilines is 2. The van der Waals surface area contributed by atoms with Crippen LogP contribution in [-0.2, 0) is 25.3 Å². The minimum absolute atomic E-state index is 0.0998. The maximum absolute atomic E-state index is 13.2. The molecule has 0 aliphatic rings. The molecule has 4 aromatic carbocycles. The predicted octanol–water partition coefficient (Wildman–Crippen LogP) is 7.84. The van der Waals surface area contributed by atoms with Gasteiger partial charge in [0.15, 0.2) is 0 Å². The number of hydrogen-bond donors (Lipinski definition) is 2. The number of amides is 2. The van der Waals surface area contributed by atoms with Crippen molar-refractivity contribution in [1.82, 2.24) is 0 Å². The Labute approximate surface area is 314 Å². The van der Waals surface area contributed by atoms with Gasteiger partial charge >= 0.3 is 292 Å². The summed E-state index contributed by atoms with van der Waals surface area (Å²) in [5.74, 6) is 3.37. The van der Waals surface area contributed by atoms with Crippen LogP contribution in [0.2, 0.25) is 8.87 Å². The van der Waals surface area contributed by atoms with Gasteiger partial charge in [-0.05, 0) is 0 Å². The van der Waals surface area contributed by atoms with Gasteiger partial charge in [0.25, 0.3) is 0 Å². The molecule has 53 heavy (non-hydrogen) atoms. The fourth-order valence-electron chi connectivity index (χ4n) is 5.58. The molecule has 0 aliphatic carbocycles. The molecule has 4 rings (SSSR count). The molecule has 2 N–H and O–H groups in total.